The van der Waals surface area contributed by atoms with E-state index in [1.807, 2.05) is 25.1 Å². The number of nitrogens with two attached hydrogens (primary N) is 1. The first kappa shape index (κ1) is 11.5. The van der Waals surface area contributed by atoms with Crippen LogP contribution < -0.4 is 10.5 Å². The Bertz CT molecular complexity index is 514. The van der Waals surface area contributed by atoms with Crippen LogP contribution in [-0.4, -0.2) is 17.1 Å². The molecule has 2 heterocycles. The molecule has 0 aliphatic carbocycles. The van der Waals surface area contributed by atoms with Crippen molar-refractivity contribution in [2.75, 3.05) is 7.11 Å². The molecule has 0 saturated carbocycles. The van der Waals surface area contributed by atoms with Crippen LogP contribution in [0.2, 0.25) is 0 Å². The summed E-state index contributed by atoms with van der Waals surface area (Å²) in [7, 11) is 1.59. The molecule has 0 aromatic carbocycles. The van der Waals surface area contributed by atoms with Crippen LogP contribution in [-0.2, 0) is 0 Å². The first-order chi connectivity index (χ1) is 8.24. The maximum atomic E-state index is 6.23. The fourth-order valence-electron chi connectivity index (χ4n) is 1.78. The smallest absolute Gasteiger partial charge is 0.218 e. The summed E-state index contributed by atoms with van der Waals surface area (Å²) < 4.78 is 5.22. The molecule has 2 N–H and O–H groups in total. The van der Waals surface area contributed by atoms with Gasteiger partial charge in [-0.3, -0.25) is 4.98 Å². The van der Waals surface area contributed by atoms with Crippen molar-refractivity contribution in [3.05, 3.63) is 53.5 Å². The molecule has 0 amide bonds. The molecule has 4 nitrogen and oxygen atoms in total. The lowest BCUT2D eigenvalue weighted by Crippen LogP contribution is -2.15. The highest BCUT2D eigenvalue weighted by Gasteiger charge is 2.16. The number of rotatable bonds is 3. The van der Waals surface area contributed by atoms with Crippen molar-refractivity contribution in [1.29, 1.82) is 0 Å². The van der Waals surface area contributed by atoms with Gasteiger partial charge in [0.15, 0.2) is 0 Å². The summed E-state index contributed by atoms with van der Waals surface area (Å²) in [4.78, 5) is 8.26. The quantitative estimate of drug-likeness (QED) is 0.872. The van der Waals surface area contributed by atoms with E-state index >= 15 is 0 Å². The van der Waals surface area contributed by atoms with Crippen molar-refractivity contribution in [3.63, 3.8) is 0 Å². The number of hydrogen-bond donors (Lipinski definition) is 1. The largest absolute Gasteiger partial charge is 0.481 e. The molecule has 0 aliphatic heterocycles. The number of pyridine rings is 2. The molecule has 0 radical (unpaired) electrons. The first-order valence-corrected chi connectivity index (χ1v) is 5.39. The van der Waals surface area contributed by atoms with Gasteiger partial charge in [0, 0.05) is 24.2 Å². The van der Waals surface area contributed by atoms with Gasteiger partial charge >= 0.3 is 0 Å². The molecule has 0 fully saturated rings. The van der Waals surface area contributed by atoms with Gasteiger partial charge in [-0.1, -0.05) is 6.07 Å². The third-order valence-electron chi connectivity index (χ3n) is 2.74. The fourth-order valence-corrected chi connectivity index (χ4v) is 1.78. The van der Waals surface area contributed by atoms with Crippen LogP contribution >= 0.6 is 0 Å². The molecular weight excluding hydrogens is 214 g/mol. The molecule has 1 atom stereocenters. The fraction of sp³-hybridized carbons (Fsp3) is 0.231. The molecule has 1 unspecified atom stereocenters. The third kappa shape index (κ3) is 2.26. The van der Waals surface area contributed by atoms with E-state index in [0.29, 0.717) is 5.88 Å². The van der Waals surface area contributed by atoms with Gasteiger partial charge in [-0.15, -0.1) is 0 Å². The number of ether oxygens (including phenoxy) is 1. The Labute approximate surface area is 100 Å². The lowest BCUT2D eigenvalue weighted by Gasteiger charge is -2.16. The van der Waals surface area contributed by atoms with Crippen molar-refractivity contribution in [3.8, 4) is 5.88 Å². The summed E-state index contributed by atoms with van der Waals surface area (Å²) in [5, 5.41) is 0. The zero-order valence-electron chi connectivity index (χ0n) is 9.92. The van der Waals surface area contributed by atoms with Crippen LogP contribution in [0.25, 0.3) is 0 Å². The molecule has 4 heteroatoms. The maximum absolute atomic E-state index is 6.23. The van der Waals surface area contributed by atoms with E-state index in [1.54, 1.807) is 25.7 Å². The van der Waals surface area contributed by atoms with Crippen molar-refractivity contribution in [2.45, 2.75) is 13.0 Å². The zero-order valence-corrected chi connectivity index (χ0v) is 9.92. The molecule has 0 bridgehead atoms. The summed E-state index contributed by atoms with van der Waals surface area (Å²) in [5.74, 6) is 0.559. The Morgan fingerprint density at radius 1 is 1.24 bits per heavy atom. The van der Waals surface area contributed by atoms with Crippen LogP contribution in [0.4, 0.5) is 0 Å². The molecule has 0 saturated heterocycles. The van der Waals surface area contributed by atoms with Gasteiger partial charge in [-0.05, 0) is 30.2 Å². The topological polar surface area (TPSA) is 61.0 Å². The Morgan fingerprint density at radius 3 is 2.76 bits per heavy atom. The Kier molecular flexibility index (Phi) is 3.35. The molecule has 2 aromatic heterocycles. The summed E-state index contributed by atoms with van der Waals surface area (Å²) in [6, 6.07) is 5.44. The zero-order chi connectivity index (χ0) is 12.3. The van der Waals surface area contributed by atoms with E-state index in [-0.39, 0.29) is 6.04 Å². The van der Waals surface area contributed by atoms with Gasteiger partial charge in [0.25, 0.3) is 0 Å². The normalized spacial score (nSPS) is 12.2. The van der Waals surface area contributed by atoms with Gasteiger partial charge < -0.3 is 10.5 Å². The molecule has 17 heavy (non-hydrogen) atoms. The number of nitrogens with zero attached hydrogens (tertiary/aromatic N) is 2. The number of aryl methyl sites for hydroxylation is 1. The molecule has 2 rings (SSSR count). The minimum absolute atomic E-state index is 0.271. The highest BCUT2D eigenvalue weighted by Crippen LogP contribution is 2.27. The standard InChI is InChI=1S/C13H15N3O/c1-9-5-7-15-8-11(9)12(14)10-4-3-6-16-13(10)17-2/h3-8,12H,14H2,1-2H3. The van der Waals surface area contributed by atoms with Crippen LogP contribution in [0, 0.1) is 6.92 Å². The van der Waals surface area contributed by atoms with Crippen LogP contribution in [0.15, 0.2) is 36.8 Å². The SMILES string of the molecule is COc1ncccc1C(N)c1cnccc1C. The van der Waals surface area contributed by atoms with Crippen LogP contribution in [0.1, 0.15) is 22.7 Å². The molecular formula is C13H15N3O. The second-order valence-corrected chi connectivity index (χ2v) is 3.81. The lowest BCUT2D eigenvalue weighted by atomic mass is 9.98. The Hall–Kier alpha value is -1.94. The minimum Gasteiger partial charge on any atom is -0.481 e. The average molecular weight is 229 g/mol. The monoisotopic (exact) mass is 229 g/mol. The predicted molar refractivity (Wildman–Crippen MR) is 65.8 cm³/mol. The van der Waals surface area contributed by atoms with E-state index in [9.17, 15) is 0 Å². The second kappa shape index (κ2) is 4.93. The lowest BCUT2D eigenvalue weighted by molar-refractivity contribution is 0.390. The van der Waals surface area contributed by atoms with Crippen molar-refractivity contribution in [2.24, 2.45) is 5.73 Å². The second-order valence-electron chi connectivity index (χ2n) is 3.81. The van der Waals surface area contributed by atoms with Crippen molar-refractivity contribution >= 4 is 0 Å². The van der Waals surface area contributed by atoms with Crippen molar-refractivity contribution in [1.82, 2.24) is 9.97 Å². The summed E-state index contributed by atoms with van der Waals surface area (Å²) >= 11 is 0. The minimum atomic E-state index is -0.271. The van der Waals surface area contributed by atoms with E-state index in [0.717, 1.165) is 16.7 Å². The van der Waals surface area contributed by atoms with E-state index < -0.39 is 0 Å². The average Bonchev–Trinajstić information content (AvgIpc) is 2.38. The van der Waals surface area contributed by atoms with E-state index in [1.165, 1.54) is 0 Å². The van der Waals surface area contributed by atoms with Gasteiger partial charge in [-0.2, -0.15) is 0 Å². The highest BCUT2D eigenvalue weighted by molar-refractivity contribution is 5.38. The predicted octanol–water partition coefficient (Wildman–Crippen LogP) is 1.84. The Balaban J connectivity index is 2.44. The summed E-state index contributed by atoms with van der Waals surface area (Å²) in [5.41, 5.74) is 9.19. The highest BCUT2D eigenvalue weighted by atomic mass is 16.5. The number of methoxy groups -OCH3 is 1. The first-order valence-electron chi connectivity index (χ1n) is 5.39. The van der Waals surface area contributed by atoms with Gasteiger partial charge in [0.1, 0.15) is 0 Å². The number of aromatic nitrogens is 2. The van der Waals surface area contributed by atoms with E-state index in [4.69, 9.17) is 10.5 Å². The third-order valence-corrected chi connectivity index (χ3v) is 2.74. The summed E-state index contributed by atoms with van der Waals surface area (Å²) in [6.07, 6.45) is 5.23. The van der Waals surface area contributed by atoms with Gasteiger partial charge in [0.2, 0.25) is 5.88 Å². The molecule has 2 aromatic rings. The van der Waals surface area contributed by atoms with Crippen molar-refractivity contribution < 1.29 is 4.74 Å². The molecule has 88 valence electrons. The molecule has 0 spiro atoms. The van der Waals surface area contributed by atoms with Crippen LogP contribution in [0.5, 0.6) is 5.88 Å². The maximum Gasteiger partial charge on any atom is 0.218 e. The van der Waals surface area contributed by atoms with Gasteiger partial charge in [0.05, 0.1) is 13.2 Å². The van der Waals surface area contributed by atoms with E-state index in [2.05, 4.69) is 9.97 Å². The summed E-state index contributed by atoms with van der Waals surface area (Å²) in [6.45, 7) is 2.01. The molecule has 0 aliphatic rings. The van der Waals surface area contributed by atoms with Crippen LogP contribution in [0.3, 0.4) is 0 Å². The Morgan fingerprint density at radius 2 is 2.06 bits per heavy atom. The number of hydrogen-bond acceptors (Lipinski definition) is 4. The van der Waals surface area contributed by atoms with Gasteiger partial charge in [-0.25, -0.2) is 4.98 Å².